The molecule has 0 saturated heterocycles. The van der Waals surface area contributed by atoms with Crippen LogP contribution in [0.2, 0.25) is 0 Å². The SMILES string of the molecule is CC1CCC(NC(=O)CCCc2cccs2)C1. The Labute approximate surface area is 107 Å². The molecule has 0 spiro atoms. The lowest BCUT2D eigenvalue weighted by molar-refractivity contribution is -0.121. The van der Waals surface area contributed by atoms with Crippen LogP contribution in [0.1, 0.15) is 43.9 Å². The van der Waals surface area contributed by atoms with Crippen LogP contribution in [0.3, 0.4) is 0 Å². The Balaban J connectivity index is 1.61. The van der Waals surface area contributed by atoms with Crippen molar-refractivity contribution in [3.8, 4) is 0 Å². The number of amides is 1. The zero-order valence-electron chi connectivity index (χ0n) is 10.4. The summed E-state index contributed by atoms with van der Waals surface area (Å²) in [6, 6.07) is 4.65. The monoisotopic (exact) mass is 251 g/mol. The van der Waals surface area contributed by atoms with Crippen LogP contribution in [-0.4, -0.2) is 11.9 Å². The van der Waals surface area contributed by atoms with Crippen molar-refractivity contribution < 1.29 is 4.79 Å². The van der Waals surface area contributed by atoms with Crippen LogP contribution in [0, 0.1) is 5.92 Å². The van der Waals surface area contributed by atoms with Gasteiger partial charge in [-0.15, -0.1) is 11.3 Å². The quantitative estimate of drug-likeness (QED) is 0.854. The predicted octanol–water partition coefficient (Wildman–Crippen LogP) is 3.38. The molecule has 94 valence electrons. The van der Waals surface area contributed by atoms with Gasteiger partial charge in [0, 0.05) is 17.3 Å². The van der Waals surface area contributed by atoms with Crippen molar-refractivity contribution in [1.29, 1.82) is 0 Å². The number of carbonyl (C=O) groups is 1. The summed E-state index contributed by atoms with van der Waals surface area (Å²) in [5, 5.41) is 5.25. The van der Waals surface area contributed by atoms with Crippen molar-refractivity contribution in [2.75, 3.05) is 0 Å². The molecule has 2 unspecified atom stereocenters. The van der Waals surface area contributed by atoms with Gasteiger partial charge >= 0.3 is 0 Å². The van der Waals surface area contributed by atoms with E-state index in [0.29, 0.717) is 12.5 Å². The molecule has 1 N–H and O–H groups in total. The summed E-state index contributed by atoms with van der Waals surface area (Å²) in [7, 11) is 0. The molecule has 1 amide bonds. The summed E-state index contributed by atoms with van der Waals surface area (Å²) < 4.78 is 0. The molecule has 1 saturated carbocycles. The van der Waals surface area contributed by atoms with Gasteiger partial charge in [-0.05, 0) is 49.5 Å². The Morgan fingerprint density at radius 3 is 3.06 bits per heavy atom. The number of aryl methyl sites for hydroxylation is 1. The fourth-order valence-electron chi connectivity index (χ4n) is 2.52. The second kappa shape index (κ2) is 6.20. The van der Waals surface area contributed by atoms with Crippen molar-refractivity contribution in [3.05, 3.63) is 22.4 Å². The van der Waals surface area contributed by atoms with E-state index in [2.05, 4.69) is 29.8 Å². The van der Waals surface area contributed by atoms with Gasteiger partial charge in [0.1, 0.15) is 0 Å². The highest BCUT2D eigenvalue weighted by Gasteiger charge is 2.22. The van der Waals surface area contributed by atoms with E-state index < -0.39 is 0 Å². The van der Waals surface area contributed by atoms with E-state index >= 15 is 0 Å². The number of hydrogen-bond donors (Lipinski definition) is 1. The number of nitrogens with one attached hydrogen (secondary N) is 1. The average molecular weight is 251 g/mol. The minimum atomic E-state index is 0.237. The summed E-state index contributed by atoms with van der Waals surface area (Å²) in [4.78, 5) is 13.1. The normalized spacial score (nSPS) is 23.8. The van der Waals surface area contributed by atoms with Gasteiger partial charge in [0.2, 0.25) is 5.91 Å². The third-order valence-corrected chi connectivity index (χ3v) is 4.40. The van der Waals surface area contributed by atoms with Gasteiger partial charge in [0.25, 0.3) is 0 Å². The minimum absolute atomic E-state index is 0.237. The van der Waals surface area contributed by atoms with Crippen LogP contribution in [0.5, 0.6) is 0 Å². The first-order valence-electron chi connectivity index (χ1n) is 6.56. The largest absolute Gasteiger partial charge is 0.353 e. The topological polar surface area (TPSA) is 29.1 Å². The van der Waals surface area contributed by atoms with Gasteiger partial charge < -0.3 is 5.32 Å². The zero-order chi connectivity index (χ0) is 12.1. The van der Waals surface area contributed by atoms with E-state index in [1.54, 1.807) is 11.3 Å². The molecule has 0 aromatic carbocycles. The summed E-state index contributed by atoms with van der Waals surface area (Å²) in [6.45, 7) is 2.27. The van der Waals surface area contributed by atoms with Gasteiger partial charge in [0.05, 0.1) is 0 Å². The van der Waals surface area contributed by atoms with Gasteiger partial charge in [-0.2, -0.15) is 0 Å². The standard InChI is InChI=1S/C14H21NOS/c1-11-7-8-12(10-11)15-14(16)6-2-4-13-5-3-9-17-13/h3,5,9,11-12H,2,4,6-8,10H2,1H3,(H,15,16). The Morgan fingerprint density at radius 1 is 1.53 bits per heavy atom. The summed E-state index contributed by atoms with van der Waals surface area (Å²) in [5.74, 6) is 1.02. The molecule has 0 aliphatic heterocycles. The number of rotatable bonds is 5. The Bertz CT molecular complexity index is 347. The van der Waals surface area contributed by atoms with Crippen LogP contribution in [0.15, 0.2) is 17.5 Å². The van der Waals surface area contributed by atoms with E-state index in [1.165, 1.54) is 11.3 Å². The smallest absolute Gasteiger partial charge is 0.220 e. The maximum Gasteiger partial charge on any atom is 0.220 e. The number of carbonyl (C=O) groups excluding carboxylic acids is 1. The molecule has 1 aromatic rings. The van der Waals surface area contributed by atoms with E-state index in [9.17, 15) is 4.79 Å². The first-order chi connectivity index (χ1) is 8.24. The molecule has 1 aliphatic rings. The molecule has 2 atom stereocenters. The maximum atomic E-state index is 11.7. The molecular formula is C14H21NOS. The van der Waals surface area contributed by atoms with E-state index in [1.807, 2.05) is 0 Å². The lowest BCUT2D eigenvalue weighted by Crippen LogP contribution is -2.32. The first kappa shape index (κ1) is 12.6. The highest BCUT2D eigenvalue weighted by Crippen LogP contribution is 2.24. The minimum Gasteiger partial charge on any atom is -0.353 e. The highest BCUT2D eigenvalue weighted by atomic mass is 32.1. The molecule has 2 nitrogen and oxygen atoms in total. The lowest BCUT2D eigenvalue weighted by Gasteiger charge is -2.12. The van der Waals surface area contributed by atoms with Gasteiger partial charge in [-0.25, -0.2) is 0 Å². The molecule has 1 heterocycles. The highest BCUT2D eigenvalue weighted by molar-refractivity contribution is 7.09. The van der Waals surface area contributed by atoms with Crippen molar-refractivity contribution in [3.63, 3.8) is 0 Å². The van der Waals surface area contributed by atoms with Crippen LogP contribution >= 0.6 is 11.3 Å². The van der Waals surface area contributed by atoms with Crippen molar-refractivity contribution in [2.45, 2.75) is 51.5 Å². The van der Waals surface area contributed by atoms with Crippen molar-refractivity contribution in [2.24, 2.45) is 5.92 Å². The molecule has 1 aromatic heterocycles. The molecule has 1 aliphatic carbocycles. The van der Waals surface area contributed by atoms with E-state index in [4.69, 9.17) is 0 Å². The number of thiophene rings is 1. The Morgan fingerprint density at radius 2 is 2.41 bits per heavy atom. The maximum absolute atomic E-state index is 11.7. The third kappa shape index (κ3) is 4.15. The van der Waals surface area contributed by atoms with Gasteiger partial charge in [-0.1, -0.05) is 13.0 Å². The van der Waals surface area contributed by atoms with Crippen LogP contribution in [0.25, 0.3) is 0 Å². The van der Waals surface area contributed by atoms with Crippen molar-refractivity contribution in [1.82, 2.24) is 5.32 Å². The molecule has 17 heavy (non-hydrogen) atoms. The van der Waals surface area contributed by atoms with E-state index in [0.717, 1.165) is 31.6 Å². The predicted molar refractivity (Wildman–Crippen MR) is 72.2 cm³/mol. The Hall–Kier alpha value is -0.830. The second-order valence-corrected chi connectivity index (χ2v) is 6.15. The van der Waals surface area contributed by atoms with Crippen LogP contribution < -0.4 is 5.32 Å². The molecule has 0 bridgehead atoms. The zero-order valence-corrected chi connectivity index (χ0v) is 11.3. The molecule has 0 radical (unpaired) electrons. The first-order valence-corrected chi connectivity index (χ1v) is 7.44. The molecular weight excluding hydrogens is 230 g/mol. The average Bonchev–Trinajstić information content (AvgIpc) is 2.90. The van der Waals surface area contributed by atoms with Gasteiger partial charge in [0.15, 0.2) is 0 Å². The summed E-state index contributed by atoms with van der Waals surface area (Å²) in [6.07, 6.45) is 6.26. The van der Waals surface area contributed by atoms with Crippen molar-refractivity contribution >= 4 is 17.2 Å². The lowest BCUT2D eigenvalue weighted by atomic mass is 10.1. The van der Waals surface area contributed by atoms with Gasteiger partial charge in [-0.3, -0.25) is 4.79 Å². The Kier molecular flexibility index (Phi) is 4.60. The molecule has 1 fully saturated rings. The van der Waals surface area contributed by atoms with Crippen LogP contribution in [0.4, 0.5) is 0 Å². The summed E-state index contributed by atoms with van der Waals surface area (Å²) >= 11 is 1.78. The second-order valence-electron chi connectivity index (χ2n) is 5.12. The molecule has 3 heteroatoms. The van der Waals surface area contributed by atoms with E-state index in [-0.39, 0.29) is 5.91 Å². The third-order valence-electron chi connectivity index (χ3n) is 3.47. The molecule has 2 rings (SSSR count). The van der Waals surface area contributed by atoms with Crippen LogP contribution in [-0.2, 0) is 11.2 Å². The summed E-state index contributed by atoms with van der Waals surface area (Å²) in [5.41, 5.74) is 0. The fraction of sp³-hybridized carbons (Fsp3) is 0.643. The fourth-order valence-corrected chi connectivity index (χ4v) is 3.27. The number of hydrogen-bond acceptors (Lipinski definition) is 2.